The summed E-state index contributed by atoms with van der Waals surface area (Å²) in [6.45, 7) is 7.63. The first kappa shape index (κ1) is 12.2. The van der Waals surface area contributed by atoms with Crippen molar-refractivity contribution in [2.24, 2.45) is 5.92 Å². The van der Waals surface area contributed by atoms with Gasteiger partial charge in [0.05, 0.1) is 13.2 Å². The van der Waals surface area contributed by atoms with Gasteiger partial charge in [0.25, 0.3) is 0 Å². The summed E-state index contributed by atoms with van der Waals surface area (Å²) in [4.78, 5) is 14.1. The summed E-state index contributed by atoms with van der Waals surface area (Å²) >= 11 is 0. The van der Waals surface area contributed by atoms with E-state index in [1.807, 2.05) is 0 Å². The lowest BCUT2D eigenvalue weighted by Crippen LogP contribution is -2.44. The highest BCUT2D eigenvalue weighted by atomic mass is 16.6. The zero-order valence-corrected chi connectivity index (χ0v) is 10.8. The average Bonchev–Trinajstić information content (AvgIpc) is 2.58. The van der Waals surface area contributed by atoms with Crippen LogP contribution in [0.5, 0.6) is 0 Å². The molecule has 0 bridgehead atoms. The number of carbonyl (C=O) groups excluding carboxylic acids is 1. The summed E-state index contributed by atoms with van der Waals surface area (Å²) in [6, 6.07) is 0.565. The fraction of sp³-hybridized carbons (Fsp3) is 0.786. The third-order valence-electron chi connectivity index (χ3n) is 4.53. The highest BCUT2D eigenvalue weighted by Crippen LogP contribution is 2.38. The van der Waals surface area contributed by atoms with E-state index >= 15 is 0 Å². The van der Waals surface area contributed by atoms with Crippen molar-refractivity contribution < 1.29 is 14.3 Å². The van der Waals surface area contributed by atoms with E-state index in [1.165, 1.54) is 6.42 Å². The van der Waals surface area contributed by atoms with Gasteiger partial charge in [-0.05, 0) is 25.7 Å². The zero-order valence-electron chi connectivity index (χ0n) is 10.8. The van der Waals surface area contributed by atoms with E-state index in [4.69, 9.17) is 9.47 Å². The molecule has 3 atom stereocenters. The van der Waals surface area contributed by atoms with E-state index < -0.39 is 0 Å². The quantitative estimate of drug-likeness (QED) is 0.521. The summed E-state index contributed by atoms with van der Waals surface area (Å²) in [7, 11) is 0. The van der Waals surface area contributed by atoms with E-state index in [0.717, 1.165) is 45.6 Å². The smallest absolute Gasteiger partial charge is 0.334 e. The number of hydrogen-bond acceptors (Lipinski definition) is 4. The van der Waals surface area contributed by atoms with Gasteiger partial charge in [-0.2, -0.15) is 0 Å². The number of rotatable bonds is 1. The largest absolute Gasteiger partial charge is 0.458 e. The molecule has 3 unspecified atom stereocenters. The average molecular weight is 251 g/mol. The first-order valence-electron chi connectivity index (χ1n) is 6.97. The van der Waals surface area contributed by atoms with Crippen molar-refractivity contribution in [3.63, 3.8) is 0 Å². The molecule has 4 heteroatoms. The topological polar surface area (TPSA) is 38.8 Å². The molecule has 2 saturated heterocycles. The second-order valence-corrected chi connectivity index (χ2v) is 5.54. The molecule has 3 fully saturated rings. The third kappa shape index (κ3) is 2.19. The van der Waals surface area contributed by atoms with Crippen molar-refractivity contribution in [2.75, 3.05) is 26.3 Å². The predicted octanol–water partition coefficient (Wildman–Crippen LogP) is 1.36. The van der Waals surface area contributed by atoms with E-state index in [2.05, 4.69) is 11.5 Å². The molecule has 0 spiro atoms. The molecule has 3 rings (SSSR count). The molecular formula is C14H21NO3. The Balaban J connectivity index is 1.70. The Hall–Kier alpha value is -0.870. The Morgan fingerprint density at radius 2 is 2.00 bits per heavy atom. The predicted molar refractivity (Wildman–Crippen MR) is 67.2 cm³/mol. The van der Waals surface area contributed by atoms with E-state index in [0.29, 0.717) is 11.6 Å². The summed E-state index contributed by atoms with van der Waals surface area (Å²) in [5, 5.41) is 0. The third-order valence-corrected chi connectivity index (χ3v) is 4.53. The second-order valence-electron chi connectivity index (χ2n) is 5.54. The van der Waals surface area contributed by atoms with Crippen LogP contribution in [0.1, 0.15) is 25.7 Å². The number of hydrogen-bond donors (Lipinski definition) is 0. The summed E-state index contributed by atoms with van der Waals surface area (Å²) in [6.07, 6.45) is 4.46. The van der Waals surface area contributed by atoms with Crippen molar-refractivity contribution in [1.82, 2.24) is 4.90 Å². The molecule has 2 aliphatic heterocycles. The Labute approximate surface area is 108 Å². The lowest BCUT2D eigenvalue weighted by atomic mass is 9.90. The van der Waals surface area contributed by atoms with Crippen LogP contribution in [0.25, 0.3) is 0 Å². The zero-order chi connectivity index (χ0) is 12.5. The molecule has 0 aromatic carbocycles. The molecule has 3 aliphatic rings. The van der Waals surface area contributed by atoms with Crippen LogP contribution >= 0.6 is 0 Å². The van der Waals surface area contributed by atoms with Crippen LogP contribution in [0, 0.1) is 5.92 Å². The van der Waals surface area contributed by atoms with Gasteiger partial charge in [-0.15, -0.1) is 0 Å². The first-order valence-corrected chi connectivity index (χ1v) is 6.97. The fourth-order valence-corrected chi connectivity index (χ4v) is 3.47. The number of fused-ring (bicyclic) bond motifs is 1. The van der Waals surface area contributed by atoms with Gasteiger partial charge in [0, 0.05) is 30.6 Å². The van der Waals surface area contributed by atoms with Crippen LogP contribution in [0.4, 0.5) is 0 Å². The van der Waals surface area contributed by atoms with Crippen LogP contribution in [0.15, 0.2) is 12.2 Å². The van der Waals surface area contributed by atoms with Crippen molar-refractivity contribution in [2.45, 2.75) is 37.8 Å². The minimum Gasteiger partial charge on any atom is -0.458 e. The highest BCUT2D eigenvalue weighted by molar-refractivity contribution is 5.90. The summed E-state index contributed by atoms with van der Waals surface area (Å²) < 4.78 is 10.8. The molecule has 18 heavy (non-hydrogen) atoms. The lowest BCUT2D eigenvalue weighted by Gasteiger charge is -2.35. The first-order chi connectivity index (χ1) is 8.75. The molecule has 100 valence electrons. The van der Waals surface area contributed by atoms with Crippen molar-refractivity contribution in [1.29, 1.82) is 0 Å². The lowest BCUT2D eigenvalue weighted by molar-refractivity contribution is -0.139. The maximum Gasteiger partial charge on any atom is 0.334 e. The van der Waals surface area contributed by atoms with Crippen LogP contribution in [-0.2, 0) is 14.3 Å². The van der Waals surface area contributed by atoms with Crippen LogP contribution in [0.3, 0.4) is 0 Å². The molecule has 0 radical (unpaired) electrons. The Bertz CT molecular complexity index is 349. The van der Waals surface area contributed by atoms with Gasteiger partial charge in [0.1, 0.15) is 6.10 Å². The van der Waals surface area contributed by atoms with Crippen LogP contribution < -0.4 is 0 Å². The molecule has 0 amide bonds. The van der Waals surface area contributed by atoms with Crippen molar-refractivity contribution >= 4 is 5.97 Å². The fourth-order valence-electron chi connectivity index (χ4n) is 3.47. The monoisotopic (exact) mass is 251 g/mol. The Morgan fingerprint density at radius 3 is 2.78 bits per heavy atom. The SMILES string of the molecule is C=C1C(=O)OC2CCCC(N3CCOCC3)CC12. The maximum atomic E-state index is 11.6. The van der Waals surface area contributed by atoms with Gasteiger partial charge in [-0.1, -0.05) is 6.58 Å². The minimum absolute atomic E-state index is 0.0936. The molecular weight excluding hydrogens is 230 g/mol. The normalized spacial score (nSPS) is 38.1. The maximum absolute atomic E-state index is 11.6. The number of nitrogens with zero attached hydrogens (tertiary/aromatic N) is 1. The van der Waals surface area contributed by atoms with Crippen molar-refractivity contribution in [3.8, 4) is 0 Å². The van der Waals surface area contributed by atoms with E-state index in [1.54, 1.807) is 0 Å². The number of esters is 1. The number of morpholine rings is 1. The Morgan fingerprint density at radius 1 is 1.22 bits per heavy atom. The molecule has 0 aromatic heterocycles. The van der Waals surface area contributed by atoms with Gasteiger partial charge >= 0.3 is 5.97 Å². The van der Waals surface area contributed by atoms with Crippen LogP contribution in [0.2, 0.25) is 0 Å². The molecule has 1 saturated carbocycles. The standard InChI is InChI=1S/C14H21NO3/c1-10-12-9-11(15-5-7-17-8-6-15)3-2-4-13(12)18-14(10)16/h11-13H,1-9H2. The summed E-state index contributed by atoms with van der Waals surface area (Å²) in [5.74, 6) is 0.0699. The van der Waals surface area contributed by atoms with Gasteiger partial charge in [0.2, 0.25) is 0 Å². The van der Waals surface area contributed by atoms with Gasteiger partial charge in [0.15, 0.2) is 0 Å². The van der Waals surface area contributed by atoms with Gasteiger partial charge < -0.3 is 9.47 Å². The van der Waals surface area contributed by atoms with E-state index in [-0.39, 0.29) is 18.0 Å². The van der Waals surface area contributed by atoms with E-state index in [9.17, 15) is 4.79 Å². The Kier molecular flexibility index (Phi) is 3.39. The summed E-state index contributed by atoms with van der Waals surface area (Å²) in [5.41, 5.74) is 0.695. The van der Waals surface area contributed by atoms with Crippen molar-refractivity contribution in [3.05, 3.63) is 12.2 Å². The van der Waals surface area contributed by atoms with Gasteiger partial charge in [-0.3, -0.25) is 4.90 Å². The molecule has 0 N–H and O–H groups in total. The molecule has 0 aromatic rings. The number of ether oxygens (including phenoxy) is 2. The number of carbonyl (C=O) groups is 1. The van der Waals surface area contributed by atoms with Crippen LogP contribution in [-0.4, -0.2) is 49.3 Å². The molecule has 1 aliphatic carbocycles. The second kappa shape index (κ2) is 5.02. The van der Waals surface area contributed by atoms with Gasteiger partial charge in [-0.25, -0.2) is 4.79 Å². The minimum atomic E-state index is -0.173. The molecule has 4 nitrogen and oxygen atoms in total. The highest BCUT2D eigenvalue weighted by Gasteiger charge is 2.42. The molecule has 2 heterocycles.